The number of carbonyl (C=O) groups is 2. The van der Waals surface area contributed by atoms with Crippen molar-refractivity contribution in [1.29, 1.82) is 0 Å². The fourth-order valence-electron chi connectivity index (χ4n) is 2.58. The Morgan fingerprint density at radius 3 is 2.21 bits per heavy atom. The lowest BCUT2D eigenvalue weighted by Gasteiger charge is -2.15. The quantitative estimate of drug-likeness (QED) is 0.870. The van der Waals surface area contributed by atoms with E-state index in [0.717, 1.165) is 22.6 Å². The van der Waals surface area contributed by atoms with E-state index >= 15 is 0 Å². The maximum absolute atomic E-state index is 12.5. The van der Waals surface area contributed by atoms with E-state index in [0.29, 0.717) is 17.7 Å². The van der Waals surface area contributed by atoms with Crippen LogP contribution in [0.4, 0.5) is 5.69 Å². The molecule has 2 amide bonds. The first kappa shape index (κ1) is 17.8. The second kappa shape index (κ2) is 7.34. The molecular weight excluding hydrogens is 304 g/mol. The maximum atomic E-state index is 12.5. The summed E-state index contributed by atoms with van der Waals surface area (Å²) in [5, 5.41) is 5.80. The number of nitrogens with one attached hydrogen (secondary N) is 2. The predicted octanol–water partition coefficient (Wildman–Crippen LogP) is 4.04. The van der Waals surface area contributed by atoms with Crippen molar-refractivity contribution in [2.75, 3.05) is 5.32 Å². The van der Waals surface area contributed by atoms with Crippen molar-refractivity contribution in [2.45, 2.75) is 47.1 Å². The fourth-order valence-corrected chi connectivity index (χ4v) is 2.58. The van der Waals surface area contributed by atoms with Gasteiger partial charge in [-0.2, -0.15) is 0 Å². The van der Waals surface area contributed by atoms with Gasteiger partial charge in [-0.05, 0) is 45.4 Å². The van der Waals surface area contributed by atoms with Gasteiger partial charge in [-0.25, -0.2) is 0 Å². The van der Waals surface area contributed by atoms with Gasteiger partial charge in [0.05, 0.1) is 11.6 Å². The highest BCUT2D eigenvalue weighted by molar-refractivity contribution is 5.97. The van der Waals surface area contributed by atoms with Crippen LogP contribution < -0.4 is 10.6 Å². The third kappa shape index (κ3) is 3.85. The molecule has 1 heterocycles. The molecule has 5 heteroatoms. The molecule has 128 valence electrons. The molecule has 0 bridgehead atoms. The summed E-state index contributed by atoms with van der Waals surface area (Å²) in [6, 6.07) is 7.32. The van der Waals surface area contributed by atoms with Gasteiger partial charge in [0.1, 0.15) is 11.5 Å². The van der Waals surface area contributed by atoms with Crippen LogP contribution in [0.3, 0.4) is 0 Å². The third-order valence-electron chi connectivity index (χ3n) is 4.15. The summed E-state index contributed by atoms with van der Waals surface area (Å²) in [6.45, 7) is 9.27. The lowest BCUT2D eigenvalue weighted by Crippen LogP contribution is -2.27. The first-order chi connectivity index (χ1) is 11.3. The van der Waals surface area contributed by atoms with Gasteiger partial charge in [-0.15, -0.1) is 0 Å². The van der Waals surface area contributed by atoms with E-state index < -0.39 is 0 Å². The number of furan rings is 1. The zero-order chi connectivity index (χ0) is 17.9. The second-order valence-electron chi connectivity index (χ2n) is 5.93. The smallest absolute Gasteiger partial charge is 0.255 e. The minimum atomic E-state index is -0.151. The number of anilines is 1. The van der Waals surface area contributed by atoms with Crippen LogP contribution in [0.25, 0.3) is 0 Å². The summed E-state index contributed by atoms with van der Waals surface area (Å²) in [6.07, 6.45) is 0.441. The molecule has 0 saturated carbocycles. The van der Waals surface area contributed by atoms with Crippen molar-refractivity contribution in [1.82, 2.24) is 5.32 Å². The molecule has 0 saturated heterocycles. The summed E-state index contributed by atoms with van der Waals surface area (Å²) < 4.78 is 5.52. The van der Waals surface area contributed by atoms with Crippen molar-refractivity contribution in [2.24, 2.45) is 0 Å². The van der Waals surface area contributed by atoms with Crippen LogP contribution >= 0.6 is 0 Å². The zero-order valence-corrected chi connectivity index (χ0v) is 14.8. The van der Waals surface area contributed by atoms with Gasteiger partial charge < -0.3 is 15.1 Å². The van der Waals surface area contributed by atoms with Crippen molar-refractivity contribution in [3.05, 3.63) is 52.5 Å². The van der Waals surface area contributed by atoms with Crippen molar-refractivity contribution < 1.29 is 14.0 Å². The molecule has 2 N–H and O–H groups in total. The van der Waals surface area contributed by atoms with Gasteiger partial charge in [-0.1, -0.05) is 19.1 Å². The molecule has 2 rings (SSSR count). The number of hydrogen-bond acceptors (Lipinski definition) is 3. The van der Waals surface area contributed by atoms with Crippen LogP contribution in [0.5, 0.6) is 0 Å². The number of aryl methyl sites for hydroxylation is 2. The topological polar surface area (TPSA) is 71.3 Å². The average molecular weight is 328 g/mol. The molecule has 2 aromatic rings. The molecule has 0 radical (unpaired) electrons. The molecule has 0 aliphatic carbocycles. The first-order valence-corrected chi connectivity index (χ1v) is 8.10. The molecule has 0 fully saturated rings. The maximum Gasteiger partial charge on any atom is 0.255 e. The Hall–Kier alpha value is -2.56. The number of benzene rings is 1. The lowest BCUT2D eigenvalue weighted by atomic mass is 10.1. The van der Waals surface area contributed by atoms with E-state index in [1.165, 1.54) is 0 Å². The van der Waals surface area contributed by atoms with Crippen LogP contribution in [0.2, 0.25) is 0 Å². The number of amides is 2. The van der Waals surface area contributed by atoms with Crippen LogP contribution in [0, 0.1) is 20.8 Å². The fraction of sp³-hybridized carbons (Fsp3) is 0.368. The van der Waals surface area contributed by atoms with E-state index in [-0.39, 0.29) is 17.9 Å². The highest BCUT2D eigenvalue weighted by Gasteiger charge is 2.20. The van der Waals surface area contributed by atoms with Crippen LogP contribution in [0.15, 0.2) is 28.7 Å². The monoisotopic (exact) mass is 328 g/mol. The van der Waals surface area contributed by atoms with E-state index in [9.17, 15) is 9.59 Å². The summed E-state index contributed by atoms with van der Waals surface area (Å²) in [7, 11) is 0. The standard InChI is InChI=1S/C19H24N2O3/c1-6-17(22)21-16-9-7-15(8-10-16)12(3)20-19(23)18-11(2)13(4)24-14(18)5/h7-10,12H,6H2,1-5H3,(H,20,23)(H,21,22). The molecular formula is C19H24N2O3. The van der Waals surface area contributed by atoms with Crippen molar-refractivity contribution in [3.63, 3.8) is 0 Å². The lowest BCUT2D eigenvalue weighted by molar-refractivity contribution is -0.115. The van der Waals surface area contributed by atoms with Crippen LogP contribution in [-0.2, 0) is 4.79 Å². The van der Waals surface area contributed by atoms with Crippen molar-refractivity contribution >= 4 is 17.5 Å². The largest absolute Gasteiger partial charge is 0.466 e. The Labute approximate surface area is 142 Å². The third-order valence-corrected chi connectivity index (χ3v) is 4.15. The molecule has 1 aromatic heterocycles. The molecule has 1 atom stereocenters. The number of rotatable bonds is 5. The summed E-state index contributed by atoms with van der Waals surface area (Å²) in [5.41, 5.74) is 3.19. The van der Waals surface area contributed by atoms with Gasteiger partial charge >= 0.3 is 0 Å². The number of carbonyl (C=O) groups excluding carboxylic acids is 2. The number of hydrogen-bond donors (Lipinski definition) is 2. The minimum Gasteiger partial charge on any atom is -0.466 e. The first-order valence-electron chi connectivity index (χ1n) is 8.10. The predicted molar refractivity (Wildman–Crippen MR) is 94.2 cm³/mol. The van der Waals surface area contributed by atoms with Crippen LogP contribution in [-0.4, -0.2) is 11.8 Å². The summed E-state index contributed by atoms with van der Waals surface area (Å²) in [4.78, 5) is 23.9. The van der Waals surface area contributed by atoms with Crippen LogP contribution in [0.1, 0.15) is 59.3 Å². The van der Waals surface area contributed by atoms with Gasteiger partial charge in [-0.3, -0.25) is 9.59 Å². The average Bonchev–Trinajstić information content (AvgIpc) is 2.80. The Kier molecular flexibility index (Phi) is 5.44. The van der Waals surface area contributed by atoms with Gasteiger partial charge in [0.15, 0.2) is 0 Å². The normalized spacial score (nSPS) is 11.9. The van der Waals surface area contributed by atoms with E-state index in [2.05, 4.69) is 10.6 Å². The summed E-state index contributed by atoms with van der Waals surface area (Å²) >= 11 is 0. The van der Waals surface area contributed by atoms with Gasteiger partial charge in [0, 0.05) is 17.7 Å². The molecule has 0 aliphatic heterocycles. The Bertz CT molecular complexity index is 745. The Balaban J connectivity index is 2.07. The molecule has 1 aromatic carbocycles. The zero-order valence-electron chi connectivity index (χ0n) is 14.8. The minimum absolute atomic E-state index is 0.0228. The highest BCUT2D eigenvalue weighted by Crippen LogP contribution is 2.22. The van der Waals surface area contributed by atoms with E-state index in [4.69, 9.17) is 4.42 Å². The molecule has 1 unspecified atom stereocenters. The van der Waals surface area contributed by atoms with E-state index in [1.807, 2.05) is 52.0 Å². The molecule has 0 aliphatic rings. The summed E-state index contributed by atoms with van der Waals surface area (Å²) in [5.74, 6) is 1.23. The molecule has 0 spiro atoms. The Morgan fingerprint density at radius 1 is 1.08 bits per heavy atom. The molecule has 24 heavy (non-hydrogen) atoms. The highest BCUT2D eigenvalue weighted by atomic mass is 16.3. The second-order valence-corrected chi connectivity index (χ2v) is 5.93. The SMILES string of the molecule is CCC(=O)Nc1ccc(C(C)NC(=O)c2c(C)oc(C)c2C)cc1. The van der Waals surface area contributed by atoms with Gasteiger partial charge in [0.2, 0.25) is 5.91 Å². The van der Waals surface area contributed by atoms with Crippen molar-refractivity contribution in [3.8, 4) is 0 Å². The van der Waals surface area contributed by atoms with Gasteiger partial charge in [0.25, 0.3) is 5.91 Å². The molecule has 5 nitrogen and oxygen atoms in total. The van der Waals surface area contributed by atoms with E-state index in [1.54, 1.807) is 6.92 Å². The Morgan fingerprint density at radius 2 is 1.71 bits per heavy atom.